The SMILES string of the molecule is C[CH2][Zr+3][CH]1C=CC=C1.[Cl-].[Cl-].[Cl-]. The monoisotopic (exact) mass is 289 g/mol. The van der Waals surface area contributed by atoms with E-state index >= 15 is 0 Å². The molecule has 0 spiro atoms. The van der Waals surface area contributed by atoms with Crippen LogP contribution in [0.15, 0.2) is 24.3 Å². The standard InChI is InChI=1S/C5H5.C2H5.3ClH.Zr/c1-2-4-5-3-1;1-2;;;;/h1-5H;1H2,2H3;3*1H;/q;;;;;+3/p-3. The van der Waals surface area contributed by atoms with Gasteiger partial charge in [0.25, 0.3) is 0 Å². The van der Waals surface area contributed by atoms with Gasteiger partial charge in [0, 0.05) is 0 Å². The van der Waals surface area contributed by atoms with Crippen molar-refractivity contribution in [3.8, 4) is 0 Å². The van der Waals surface area contributed by atoms with Gasteiger partial charge in [-0.15, -0.1) is 0 Å². The topological polar surface area (TPSA) is 0 Å². The smallest absolute Gasteiger partial charge is 1.00 e. The van der Waals surface area contributed by atoms with E-state index in [0.717, 1.165) is 3.63 Å². The van der Waals surface area contributed by atoms with Gasteiger partial charge in [0.1, 0.15) is 0 Å². The van der Waals surface area contributed by atoms with E-state index in [1.165, 1.54) is 4.13 Å². The molecule has 0 aliphatic heterocycles. The van der Waals surface area contributed by atoms with E-state index in [0.29, 0.717) is 0 Å². The second-order valence-electron chi connectivity index (χ2n) is 1.85. The van der Waals surface area contributed by atoms with E-state index in [1.807, 2.05) is 0 Å². The van der Waals surface area contributed by atoms with Gasteiger partial charge in [-0.2, -0.15) is 0 Å². The van der Waals surface area contributed by atoms with Gasteiger partial charge < -0.3 is 37.2 Å². The van der Waals surface area contributed by atoms with Gasteiger partial charge in [-0.3, -0.25) is 0 Å². The van der Waals surface area contributed by atoms with Crippen molar-refractivity contribution in [2.24, 2.45) is 0 Å². The molecule has 0 fully saturated rings. The second kappa shape index (κ2) is 11.2. The number of hydrogen-bond donors (Lipinski definition) is 0. The third kappa shape index (κ3) is 7.59. The summed E-state index contributed by atoms with van der Waals surface area (Å²) in [5.41, 5.74) is 0. The molecular weight excluding hydrogens is 282 g/mol. The zero-order valence-corrected chi connectivity index (χ0v) is 11.0. The summed E-state index contributed by atoms with van der Waals surface area (Å²) in [5.74, 6) is 0. The Morgan fingerprint density at radius 3 is 1.91 bits per heavy atom. The molecule has 0 atom stereocenters. The van der Waals surface area contributed by atoms with Gasteiger partial charge in [0.05, 0.1) is 0 Å². The van der Waals surface area contributed by atoms with Crippen LogP contribution in [0.4, 0.5) is 0 Å². The van der Waals surface area contributed by atoms with E-state index in [-0.39, 0.29) is 60.5 Å². The molecule has 0 aromatic carbocycles. The fraction of sp³-hybridized carbons (Fsp3) is 0.429. The maximum absolute atomic E-state index is 2.33. The summed E-state index contributed by atoms with van der Waals surface area (Å²) in [6, 6.07) is 0. The van der Waals surface area contributed by atoms with Crippen LogP contribution in [-0.4, -0.2) is 0 Å². The minimum Gasteiger partial charge on any atom is -1.00 e. The fourth-order valence-electron chi connectivity index (χ4n) is 0.804. The largest absolute Gasteiger partial charge is 1.00 e. The molecule has 0 saturated carbocycles. The average molecular weight is 292 g/mol. The van der Waals surface area contributed by atoms with E-state index in [1.54, 1.807) is 0 Å². The molecule has 4 heteroatoms. The molecule has 0 heterocycles. The Hall–Kier alpha value is 1.23. The van der Waals surface area contributed by atoms with Crippen molar-refractivity contribution in [2.75, 3.05) is 0 Å². The Morgan fingerprint density at radius 2 is 1.55 bits per heavy atom. The summed E-state index contributed by atoms with van der Waals surface area (Å²) in [4.78, 5) is 0. The molecule has 1 aliphatic rings. The number of allylic oxidation sites excluding steroid dienone is 4. The first-order valence-corrected chi connectivity index (χ1v) is 6.17. The molecule has 1 aliphatic carbocycles. The minimum absolute atomic E-state index is 0. The van der Waals surface area contributed by atoms with Crippen LogP contribution in [0.3, 0.4) is 0 Å². The van der Waals surface area contributed by atoms with Gasteiger partial charge in [0.15, 0.2) is 0 Å². The second-order valence-corrected chi connectivity index (χ2v) is 6.23. The molecule has 0 nitrogen and oxygen atoms in total. The summed E-state index contributed by atoms with van der Waals surface area (Å²) < 4.78 is 2.38. The summed E-state index contributed by atoms with van der Waals surface area (Å²) in [6.07, 6.45) is 8.99. The van der Waals surface area contributed by atoms with E-state index in [4.69, 9.17) is 0 Å². The number of halogens is 3. The summed E-state index contributed by atoms with van der Waals surface area (Å²) in [6.45, 7) is 2.30. The Balaban J connectivity index is -0.000000213. The molecule has 0 bridgehead atoms. The average Bonchev–Trinajstić information content (AvgIpc) is 2.19. The summed E-state index contributed by atoms with van der Waals surface area (Å²) >= 11 is -0.0192. The Kier molecular flexibility index (Phi) is 18.5. The van der Waals surface area contributed by atoms with Crippen LogP contribution in [0.2, 0.25) is 7.75 Å². The quantitative estimate of drug-likeness (QED) is 0.475. The van der Waals surface area contributed by atoms with Crippen molar-refractivity contribution in [3.63, 3.8) is 0 Å². The molecule has 0 N–H and O–H groups in total. The van der Waals surface area contributed by atoms with Crippen molar-refractivity contribution in [1.29, 1.82) is 0 Å². The third-order valence-electron chi connectivity index (χ3n) is 1.19. The van der Waals surface area contributed by atoms with Crippen LogP contribution in [-0.2, 0) is 23.2 Å². The van der Waals surface area contributed by atoms with Crippen molar-refractivity contribution in [2.45, 2.75) is 14.7 Å². The molecule has 0 aromatic rings. The van der Waals surface area contributed by atoms with Gasteiger partial charge >= 0.3 is 62.2 Å². The van der Waals surface area contributed by atoms with Crippen molar-refractivity contribution < 1.29 is 60.5 Å². The molecule has 63 valence electrons. The molecule has 0 aromatic heterocycles. The molecular formula is C7H10Cl3Zr. The normalized spacial score (nSPS) is 12.5. The van der Waals surface area contributed by atoms with Crippen LogP contribution >= 0.6 is 0 Å². The van der Waals surface area contributed by atoms with Gasteiger partial charge in [-0.25, -0.2) is 0 Å². The Bertz CT molecular complexity index is 111. The Morgan fingerprint density at radius 1 is 1.09 bits per heavy atom. The maximum atomic E-state index is 2.33. The van der Waals surface area contributed by atoms with Crippen LogP contribution in [0.5, 0.6) is 0 Å². The van der Waals surface area contributed by atoms with E-state index < -0.39 is 0 Å². The van der Waals surface area contributed by atoms with Gasteiger partial charge in [-0.05, 0) is 0 Å². The van der Waals surface area contributed by atoms with Gasteiger partial charge in [-0.1, -0.05) is 0 Å². The summed E-state index contributed by atoms with van der Waals surface area (Å²) in [5, 5.41) is 0. The summed E-state index contributed by atoms with van der Waals surface area (Å²) in [7, 11) is 0. The maximum Gasteiger partial charge on any atom is -1.00 e. The van der Waals surface area contributed by atoms with Crippen LogP contribution in [0.25, 0.3) is 0 Å². The van der Waals surface area contributed by atoms with Gasteiger partial charge in [0.2, 0.25) is 0 Å². The molecule has 0 radical (unpaired) electrons. The van der Waals surface area contributed by atoms with E-state index in [9.17, 15) is 0 Å². The first-order chi connectivity index (χ1) is 3.93. The molecule has 0 unspecified atom stereocenters. The van der Waals surface area contributed by atoms with Crippen molar-refractivity contribution in [3.05, 3.63) is 24.3 Å². The van der Waals surface area contributed by atoms with Crippen molar-refractivity contribution >= 4 is 0 Å². The predicted molar refractivity (Wildman–Crippen MR) is 32.5 cm³/mol. The van der Waals surface area contributed by atoms with Crippen molar-refractivity contribution in [1.82, 2.24) is 0 Å². The first-order valence-electron chi connectivity index (χ1n) is 3.02. The van der Waals surface area contributed by atoms with Crippen LogP contribution in [0.1, 0.15) is 6.92 Å². The number of rotatable bonds is 2. The molecule has 0 amide bonds. The molecule has 11 heavy (non-hydrogen) atoms. The fourth-order valence-corrected chi connectivity index (χ4v) is 3.18. The third-order valence-corrected chi connectivity index (χ3v) is 4.30. The minimum atomic E-state index is -0.0192. The molecule has 0 saturated heterocycles. The van der Waals surface area contributed by atoms with Crippen LogP contribution in [0, 0.1) is 0 Å². The molecule has 1 rings (SSSR count). The first kappa shape index (κ1) is 18.1. The van der Waals surface area contributed by atoms with E-state index in [2.05, 4.69) is 31.2 Å². The predicted octanol–water partition coefficient (Wildman–Crippen LogP) is -6.57. The zero-order chi connectivity index (χ0) is 5.82. The number of hydrogen-bond acceptors (Lipinski definition) is 0. The zero-order valence-electron chi connectivity index (χ0n) is 6.23. The van der Waals surface area contributed by atoms with Crippen LogP contribution < -0.4 is 37.2 Å². The Labute approximate surface area is 98.7 Å².